The van der Waals surface area contributed by atoms with Gasteiger partial charge in [-0.15, -0.1) is 11.8 Å². The van der Waals surface area contributed by atoms with E-state index in [1.165, 1.54) is 29.8 Å². The molecule has 2 aromatic carbocycles. The number of esters is 1. The van der Waals surface area contributed by atoms with Crippen molar-refractivity contribution in [2.24, 2.45) is 10.9 Å². The summed E-state index contributed by atoms with van der Waals surface area (Å²) in [5.74, 6) is -2.06. The number of amides is 3. The molecular weight excluding hydrogens is 750 g/mol. The number of nitrogens with zero attached hydrogens (tertiary/aromatic N) is 3. The highest BCUT2D eigenvalue weighted by Gasteiger charge is 2.55. The highest BCUT2D eigenvalue weighted by molar-refractivity contribution is 8.08. The fourth-order valence-electron chi connectivity index (χ4n) is 4.99. The Hall–Kier alpha value is -4.84. The maximum Gasteiger partial charge on any atom is 0.413 e. The van der Waals surface area contributed by atoms with Crippen LogP contribution in [0.1, 0.15) is 43.7 Å². The average molecular weight is 784 g/mol. The van der Waals surface area contributed by atoms with Gasteiger partial charge in [0.2, 0.25) is 0 Å². The van der Waals surface area contributed by atoms with Crippen molar-refractivity contribution in [2.75, 3.05) is 18.2 Å². The third-order valence-electron chi connectivity index (χ3n) is 7.12. The van der Waals surface area contributed by atoms with Crippen LogP contribution >= 0.6 is 46.5 Å². The molecule has 3 amide bonds. The van der Waals surface area contributed by atoms with E-state index < -0.39 is 47.0 Å². The zero-order valence-electron chi connectivity index (χ0n) is 28.2. The lowest BCUT2D eigenvalue weighted by Gasteiger charge is -2.49. The fraction of sp³-hybridized carbons (Fsp3) is 0.265. The first kappa shape index (κ1) is 38.4. The van der Waals surface area contributed by atoms with Crippen molar-refractivity contribution in [3.8, 4) is 0 Å². The molecule has 3 heterocycles. The number of thiazole rings is 1. The van der Waals surface area contributed by atoms with Crippen LogP contribution in [-0.4, -0.2) is 75.2 Å². The van der Waals surface area contributed by atoms with Crippen molar-refractivity contribution in [1.29, 1.82) is 5.41 Å². The van der Waals surface area contributed by atoms with Gasteiger partial charge in [0.15, 0.2) is 16.9 Å². The summed E-state index contributed by atoms with van der Waals surface area (Å²) in [5.41, 5.74) is 5.76. The summed E-state index contributed by atoms with van der Waals surface area (Å²) in [4.78, 5) is 64.8. The van der Waals surface area contributed by atoms with Gasteiger partial charge in [-0.25, -0.2) is 14.6 Å². The smallest absolute Gasteiger partial charge is 0.413 e. The van der Waals surface area contributed by atoms with Gasteiger partial charge in [-0.1, -0.05) is 101 Å². The number of aromatic nitrogens is 1. The van der Waals surface area contributed by atoms with Gasteiger partial charge in [0.25, 0.3) is 11.8 Å². The molecule has 1 unspecified atom stereocenters. The number of nitrogens with one attached hydrogen (secondary N) is 3. The van der Waals surface area contributed by atoms with Crippen molar-refractivity contribution < 1.29 is 33.5 Å². The van der Waals surface area contributed by atoms with Crippen molar-refractivity contribution in [3.63, 3.8) is 0 Å². The largest absolute Gasteiger partial charge is 0.448 e. The van der Waals surface area contributed by atoms with Gasteiger partial charge in [0, 0.05) is 10.7 Å². The number of amidine groups is 1. The number of hydrogen-bond acceptors (Lipinski definition) is 13. The molecule has 0 aliphatic carbocycles. The minimum Gasteiger partial charge on any atom is -0.448 e. The van der Waals surface area contributed by atoms with Gasteiger partial charge in [0.1, 0.15) is 45.7 Å². The van der Waals surface area contributed by atoms with Crippen LogP contribution in [0.5, 0.6) is 0 Å². The first-order valence-electron chi connectivity index (χ1n) is 15.5. The number of nitrogens with two attached hydrogens (primary N) is 1. The van der Waals surface area contributed by atoms with Gasteiger partial charge in [-0.05, 0) is 43.4 Å². The number of carbonyl (C=O) groups excluding carboxylic acids is 4. The van der Waals surface area contributed by atoms with Gasteiger partial charge >= 0.3 is 12.1 Å². The molecule has 2 atom stereocenters. The second-order valence-corrected chi connectivity index (χ2v) is 15.7. The Morgan fingerprint density at radius 1 is 1.13 bits per heavy atom. The van der Waals surface area contributed by atoms with Gasteiger partial charge in [-0.2, -0.15) is 0 Å². The summed E-state index contributed by atoms with van der Waals surface area (Å²) < 4.78 is 11.4. The van der Waals surface area contributed by atoms with Crippen LogP contribution in [0.2, 0.25) is 4.34 Å². The molecule has 18 heteroatoms. The van der Waals surface area contributed by atoms with E-state index in [4.69, 9.17) is 37.1 Å². The average Bonchev–Trinajstić information content (AvgIpc) is 3.46. The summed E-state index contributed by atoms with van der Waals surface area (Å²) in [6.45, 7) is 5.10. The summed E-state index contributed by atoms with van der Waals surface area (Å²) >= 11 is 9.73. The summed E-state index contributed by atoms with van der Waals surface area (Å²) in [5, 5.41) is 17.4. The van der Waals surface area contributed by atoms with Crippen LogP contribution < -0.4 is 16.4 Å². The lowest BCUT2D eigenvalue weighted by atomic mass is 10.0. The maximum atomic E-state index is 14.1. The summed E-state index contributed by atoms with van der Waals surface area (Å²) in [7, 11) is 1.22. The number of ether oxygens (including phenoxy) is 2. The normalized spacial score (nSPS) is 17.4. The molecule has 1 saturated heterocycles. The summed E-state index contributed by atoms with van der Waals surface area (Å²) in [6, 6.07) is 17.4. The van der Waals surface area contributed by atoms with E-state index in [0.717, 1.165) is 34.2 Å². The summed E-state index contributed by atoms with van der Waals surface area (Å²) in [6.07, 6.45) is -0.194. The van der Waals surface area contributed by atoms with Gasteiger partial charge < -0.3 is 25.4 Å². The molecule has 0 saturated carbocycles. The molecule has 2 aliphatic rings. The highest BCUT2D eigenvalue weighted by Crippen LogP contribution is 2.45. The lowest BCUT2D eigenvalue weighted by Crippen LogP contribution is -2.71. The Kier molecular flexibility index (Phi) is 12.3. The molecule has 0 bridgehead atoms. The molecule has 14 nitrogen and oxygen atoms in total. The molecule has 5 N–H and O–H groups in total. The van der Waals surface area contributed by atoms with E-state index in [-0.39, 0.29) is 38.2 Å². The third kappa shape index (κ3) is 9.14. The van der Waals surface area contributed by atoms with Crippen molar-refractivity contribution >= 4 is 87.0 Å². The van der Waals surface area contributed by atoms with E-state index in [1.54, 1.807) is 26.2 Å². The topological polar surface area (TPSA) is 198 Å². The maximum absolute atomic E-state index is 14.1. The number of fused-ring (bicyclic) bond motifs is 1. The van der Waals surface area contributed by atoms with Crippen LogP contribution in [0, 0.1) is 5.41 Å². The fourth-order valence-corrected chi connectivity index (χ4v) is 8.37. The predicted molar refractivity (Wildman–Crippen MR) is 202 cm³/mol. The first-order chi connectivity index (χ1) is 24.8. The Labute approximate surface area is 316 Å². The number of β-lactam (4-membered cyclic amide) rings is 1. The quantitative estimate of drug-likeness (QED) is 0.0585. The molecule has 1 fully saturated rings. The van der Waals surface area contributed by atoms with E-state index >= 15 is 0 Å². The van der Waals surface area contributed by atoms with Crippen LogP contribution in [0.4, 0.5) is 9.93 Å². The number of carbonyl (C=O) groups is 4. The molecule has 272 valence electrons. The molecule has 0 radical (unpaired) electrons. The lowest BCUT2D eigenvalue weighted by molar-refractivity contribution is -0.154. The first-order valence-corrected chi connectivity index (χ1v) is 18.6. The van der Waals surface area contributed by atoms with E-state index in [9.17, 15) is 19.2 Å². The Morgan fingerprint density at radius 2 is 1.77 bits per heavy atom. The minimum atomic E-state index is -1.07. The van der Waals surface area contributed by atoms with Crippen LogP contribution in [0.15, 0.2) is 87.9 Å². The predicted octanol–water partition coefficient (Wildman–Crippen LogP) is 5.62. The molecule has 1 aromatic heterocycles. The van der Waals surface area contributed by atoms with E-state index in [1.807, 2.05) is 60.7 Å². The van der Waals surface area contributed by atoms with E-state index in [2.05, 4.69) is 20.8 Å². The Balaban J connectivity index is 1.39. The molecular formula is C34H34ClN7O7S3. The van der Waals surface area contributed by atoms with Crippen molar-refractivity contribution in [3.05, 3.63) is 104 Å². The monoisotopic (exact) mass is 783 g/mol. The van der Waals surface area contributed by atoms with Crippen LogP contribution in [0.25, 0.3) is 0 Å². The van der Waals surface area contributed by atoms with Crippen molar-refractivity contribution in [1.82, 2.24) is 15.2 Å². The highest BCUT2D eigenvalue weighted by atomic mass is 35.5. The molecule has 5 rings (SSSR count). The number of anilines is 1. The molecule has 2 aliphatic heterocycles. The number of oxime groups is 1. The number of benzene rings is 2. The number of rotatable bonds is 12. The molecule has 52 heavy (non-hydrogen) atoms. The number of halogens is 1. The van der Waals surface area contributed by atoms with Crippen LogP contribution in [-0.2, 0) is 28.7 Å². The minimum absolute atomic E-state index is 0.0144. The number of hydrogen-bond donors (Lipinski definition) is 4. The Morgan fingerprint density at radius 3 is 2.35 bits per heavy atom. The van der Waals surface area contributed by atoms with Gasteiger partial charge in [0.05, 0.1) is 0 Å². The zero-order chi connectivity index (χ0) is 37.6. The standard InChI is InChI=1S/C34H34ClN7O7S3/c1-34(2,3)49-33(46)40-32-39-22(27(35)52-32)23(41-47-4)28(43)38-24-29(44)42-25(20(17-51-30(24)42)50-16-15-21(36)37)31(45)48-26(18-11-7-5-8-12-18)19-13-9-6-10-14-19/h5-16,24,26,30H,17H2,1-4H3,(H3,36,37)(H,38,43)(H,39,40,46)/b16-15+,41-23-/t24?,30-/m1/s1. The van der Waals surface area contributed by atoms with E-state index in [0.29, 0.717) is 4.91 Å². The molecule has 3 aromatic rings. The zero-order valence-corrected chi connectivity index (χ0v) is 31.5. The van der Waals surface area contributed by atoms with Crippen LogP contribution in [0.3, 0.4) is 0 Å². The third-order valence-corrected chi connectivity index (χ3v) is 10.6. The van der Waals surface area contributed by atoms with Gasteiger partial charge in [-0.3, -0.25) is 25.2 Å². The second-order valence-electron chi connectivity index (χ2n) is 12.0. The van der Waals surface area contributed by atoms with Crippen molar-refractivity contribution in [2.45, 2.75) is 43.9 Å². The molecule has 0 spiro atoms. The SMILES string of the molecule is CO/N=C(\C(=O)NC1C(=O)N2C(C(=O)OC(c3ccccc3)c3ccccc3)=C(S/C=C/C(=N)N)CS[C@H]12)c1nc(NC(=O)OC(C)(C)C)sc1Cl. The Bertz CT molecular complexity index is 1910. The number of thioether (sulfide) groups is 2. The second kappa shape index (κ2) is 16.7.